The summed E-state index contributed by atoms with van der Waals surface area (Å²) in [4.78, 5) is 43.1. The molecule has 1 fully saturated rings. The van der Waals surface area contributed by atoms with Crippen molar-refractivity contribution in [2.24, 2.45) is 23.7 Å². The number of phenolic OH excluding ortho intramolecular Hbond substituents is 3. The number of likely N-dealkylation sites (N-methyl/N-ethyl adjacent to an activating group) is 1. The van der Waals surface area contributed by atoms with Crippen molar-refractivity contribution >= 4 is 40.3 Å². The maximum Gasteiger partial charge on any atom is 0.312 e. The molecule has 6 rings (SSSR count). The van der Waals surface area contributed by atoms with Crippen LogP contribution in [0.5, 0.6) is 23.0 Å². The number of Topliss-reactive ketones (excluding diaryl/α,β-unsaturated/α-hetero) is 1. The molecule has 0 spiro atoms. The average Bonchev–Trinajstić information content (AvgIpc) is 3.47. The Labute approximate surface area is 349 Å². The summed E-state index contributed by atoms with van der Waals surface area (Å²) in [5, 5.41) is 75.4. The van der Waals surface area contributed by atoms with Crippen LogP contribution in [-0.4, -0.2) is 135 Å². The number of esters is 1. The van der Waals surface area contributed by atoms with Gasteiger partial charge in [-0.1, -0.05) is 50.8 Å². The summed E-state index contributed by atoms with van der Waals surface area (Å²) in [7, 11) is 3.33. The molecule has 0 aromatic heterocycles. The lowest BCUT2D eigenvalue weighted by molar-refractivity contribution is -0.636. The topological polar surface area (TPSA) is 234 Å². The van der Waals surface area contributed by atoms with E-state index in [1.54, 1.807) is 39.8 Å². The zero-order valence-corrected chi connectivity index (χ0v) is 35.8. The fraction of sp³-hybridized carbons (Fsp3) is 0.535. The Balaban J connectivity index is 1.73. The summed E-state index contributed by atoms with van der Waals surface area (Å²) >= 11 is 0. The molecule has 2 aromatic rings. The van der Waals surface area contributed by atoms with E-state index in [1.807, 2.05) is 11.9 Å². The molecule has 0 aliphatic carbocycles. The van der Waals surface area contributed by atoms with Gasteiger partial charge >= 0.3 is 11.8 Å². The first-order valence-corrected chi connectivity index (χ1v) is 20.0. The number of phenols is 3. The third-order valence-corrected chi connectivity index (χ3v) is 12.0. The lowest BCUT2D eigenvalue weighted by atomic mass is 9.78. The molecule has 6 N–H and O–H groups in total. The molecule has 4 aliphatic rings. The number of carbonyl (C=O) groups is 3. The molecule has 5 bridgehead atoms. The number of hydrogen-bond acceptors (Lipinski definition) is 15. The molecule has 4 aliphatic heterocycles. The van der Waals surface area contributed by atoms with Crippen LogP contribution >= 0.6 is 0 Å². The number of anilines is 1. The van der Waals surface area contributed by atoms with Crippen molar-refractivity contribution in [3.05, 3.63) is 58.0 Å². The van der Waals surface area contributed by atoms with E-state index in [4.69, 9.17) is 18.9 Å². The minimum Gasteiger partial charge on any atom is -0.596 e. The zero-order chi connectivity index (χ0) is 44.5. The predicted molar refractivity (Wildman–Crippen MR) is 222 cm³/mol. The van der Waals surface area contributed by atoms with E-state index in [2.05, 4.69) is 5.32 Å². The second-order valence-electron chi connectivity index (χ2n) is 16.3. The molecule has 1 saturated heterocycles. The molecular formula is C43H58N4O13. The van der Waals surface area contributed by atoms with Gasteiger partial charge in [0.05, 0.1) is 48.6 Å². The Hall–Kier alpha value is -5.36. The highest BCUT2D eigenvalue weighted by atomic mass is 16.7. The number of piperazine rings is 1. The van der Waals surface area contributed by atoms with Crippen molar-refractivity contribution in [1.29, 1.82) is 0 Å². The van der Waals surface area contributed by atoms with Crippen LogP contribution in [0.1, 0.15) is 70.0 Å². The van der Waals surface area contributed by atoms with Crippen LogP contribution in [0.3, 0.4) is 0 Å². The fourth-order valence-corrected chi connectivity index (χ4v) is 8.06. The van der Waals surface area contributed by atoms with Gasteiger partial charge in [0.1, 0.15) is 34.6 Å². The quantitative estimate of drug-likeness (QED) is 0.0488. The number of aromatic hydroxyl groups is 3. The first kappa shape index (κ1) is 45.7. The lowest BCUT2D eigenvalue weighted by Gasteiger charge is -2.38. The highest BCUT2D eigenvalue weighted by Gasteiger charge is 2.50. The number of hydrogen-bond donors (Lipinski definition) is 6. The number of aliphatic hydroxyl groups is 2. The SMILES string of the molecule is CO[C@H]1/C=C/O[C@@]2(C)Oc3c(C)c(O)c4c(O)c(c(/C=[N+](/[O-])N5CCN(C)CC5)c(O)c4c3C2=O)NC(=O)/C(C)=C/C=C/[C@H](C)[C@H](O)[C@@H](C)[C@@H](O)[C@@H](C)[C@H](OC(C)=O)[C@@H]1C. The van der Waals surface area contributed by atoms with Gasteiger partial charge in [0.15, 0.2) is 5.75 Å². The molecule has 17 nitrogen and oxygen atoms in total. The molecule has 4 heterocycles. The number of aliphatic hydroxyl groups excluding tert-OH is 2. The summed E-state index contributed by atoms with van der Waals surface area (Å²) in [5.41, 5.74) is -0.917. The Bertz CT molecular complexity index is 2120. The number of rotatable bonds is 4. The maximum absolute atomic E-state index is 14.4. The van der Waals surface area contributed by atoms with E-state index in [0.29, 0.717) is 31.0 Å². The molecule has 0 saturated carbocycles. The molecule has 17 heteroatoms. The summed E-state index contributed by atoms with van der Waals surface area (Å²) in [5.74, 6) is -9.04. The summed E-state index contributed by atoms with van der Waals surface area (Å²) in [6, 6.07) is 0. The van der Waals surface area contributed by atoms with Gasteiger partial charge in [0, 0.05) is 74.2 Å². The molecule has 0 unspecified atom stereocenters. The van der Waals surface area contributed by atoms with E-state index in [9.17, 15) is 45.1 Å². The van der Waals surface area contributed by atoms with Crippen molar-refractivity contribution in [2.45, 2.75) is 85.6 Å². The summed E-state index contributed by atoms with van der Waals surface area (Å²) < 4.78 is 23.5. The number of methoxy groups -OCH3 is 1. The Morgan fingerprint density at radius 1 is 0.967 bits per heavy atom. The Morgan fingerprint density at radius 2 is 1.62 bits per heavy atom. The van der Waals surface area contributed by atoms with Crippen LogP contribution in [0.15, 0.2) is 36.1 Å². The van der Waals surface area contributed by atoms with Crippen LogP contribution in [0.25, 0.3) is 10.8 Å². The van der Waals surface area contributed by atoms with Crippen LogP contribution in [0.4, 0.5) is 5.69 Å². The molecule has 328 valence electrons. The van der Waals surface area contributed by atoms with Gasteiger partial charge in [0.2, 0.25) is 6.21 Å². The number of ketones is 1. The van der Waals surface area contributed by atoms with E-state index < -0.39 is 94.5 Å². The number of allylic oxidation sites excluding steroid dienone is 2. The number of fused-ring (bicyclic) bond motifs is 14. The average molecular weight is 839 g/mol. The van der Waals surface area contributed by atoms with Gasteiger partial charge in [-0.05, 0) is 27.0 Å². The van der Waals surface area contributed by atoms with Crippen LogP contribution in [0.2, 0.25) is 0 Å². The number of hydrazine groups is 1. The first-order valence-electron chi connectivity index (χ1n) is 20.0. The van der Waals surface area contributed by atoms with Gasteiger partial charge in [-0.25, -0.2) is 0 Å². The van der Waals surface area contributed by atoms with Gasteiger partial charge < -0.3 is 59.9 Å². The van der Waals surface area contributed by atoms with Crippen molar-refractivity contribution in [3.8, 4) is 23.0 Å². The van der Waals surface area contributed by atoms with E-state index in [0.717, 1.165) is 6.21 Å². The smallest absolute Gasteiger partial charge is 0.312 e. The number of amides is 1. The second kappa shape index (κ2) is 18.1. The predicted octanol–water partition coefficient (Wildman–Crippen LogP) is 3.85. The second-order valence-corrected chi connectivity index (χ2v) is 16.3. The summed E-state index contributed by atoms with van der Waals surface area (Å²) in [6.45, 7) is 14.1. The molecule has 1 amide bonds. The maximum atomic E-state index is 14.4. The van der Waals surface area contributed by atoms with Crippen molar-refractivity contribution < 1.29 is 63.7 Å². The van der Waals surface area contributed by atoms with E-state index in [-0.39, 0.29) is 38.8 Å². The van der Waals surface area contributed by atoms with Crippen molar-refractivity contribution in [2.75, 3.05) is 45.7 Å². The van der Waals surface area contributed by atoms with Gasteiger partial charge in [-0.15, -0.1) is 0 Å². The van der Waals surface area contributed by atoms with Crippen LogP contribution in [0, 0.1) is 35.8 Å². The zero-order valence-electron chi connectivity index (χ0n) is 35.8. The van der Waals surface area contributed by atoms with Gasteiger partial charge in [-0.3, -0.25) is 14.4 Å². The monoisotopic (exact) mass is 838 g/mol. The van der Waals surface area contributed by atoms with Gasteiger partial charge in [0.25, 0.3) is 11.7 Å². The largest absolute Gasteiger partial charge is 0.596 e. The van der Waals surface area contributed by atoms with Crippen LogP contribution in [-0.2, 0) is 23.8 Å². The van der Waals surface area contributed by atoms with Gasteiger partial charge in [-0.2, -0.15) is 5.01 Å². The number of ether oxygens (including phenoxy) is 4. The molecule has 2 aromatic carbocycles. The van der Waals surface area contributed by atoms with Crippen molar-refractivity contribution in [1.82, 2.24) is 9.91 Å². The normalized spacial score (nSPS) is 31.9. The number of benzene rings is 2. The number of nitrogens with one attached hydrogen (secondary N) is 1. The van der Waals surface area contributed by atoms with E-state index in [1.165, 1.54) is 58.2 Å². The molecule has 9 atom stereocenters. The number of carbonyl (C=O) groups excluding carboxylic acids is 3. The summed E-state index contributed by atoms with van der Waals surface area (Å²) in [6.07, 6.45) is 4.29. The minimum absolute atomic E-state index is 0.00572. The minimum atomic E-state index is -2.10. The highest BCUT2D eigenvalue weighted by Crippen LogP contribution is 2.55. The molecule has 0 radical (unpaired) electrons. The van der Waals surface area contributed by atoms with E-state index >= 15 is 0 Å². The standard InChI is InChI=1S/C43H58N4O13/c1-21-12-11-13-22(2)42(55)44-33-28(20-47(56)46-17-15-45(9)16-18-46)37(52)30-31(38(33)53)36(51)26(6)40-32(30)41(54)43(8,60-40)58-19-14-29(57-10)23(3)39(59-27(7)48)25(5)35(50)24(4)34(21)49/h11-14,19-21,23-25,29,34-35,39,49-53H,15-18H2,1-10H3,(H,44,55)/b12-11+,19-14+,22-13+,47-20+/t21-,23+,24+,25+,29-,34-,35+,39+,43-/m0/s1. The Morgan fingerprint density at radius 3 is 2.23 bits per heavy atom. The van der Waals surface area contributed by atoms with Crippen LogP contribution < -0.4 is 10.1 Å². The van der Waals surface area contributed by atoms with Crippen molar-refractivity contribution in [3.63, 3.8) is 0 Å². The molecular weight excluding hydrogens is 780 g/mol. The molecule has 60 heavy (non-hydrogen) atoms. The third-order valence-electron chi connectivity index (χ3n) is 12.0. The lowest BCUT2D eigenvalue weighted by Crippen LogP contribution is -2.47. The first-order chi connectivity index (χ1) is 28.1. The fourth-order valence-electron chi connectivity index (χ4n) is 8.06. The number of hydrazone groups is 1. The Kier molecular flexibility index (Phi) is 13.8. The highest BCUT2D eigenvalue weighted by molar-refractivity contribution is 6.23. The number of nitrogens with zero attached hydrogens (tertiary/aromatic N) is 3. The third kappa shape index (κ3) is 8.75.